The summed E-state index contributed by atoms with van der Waals surface area (Å²) in [5, 5.41) is 13.5. The largest absolute Gasteiger partial charge is 0.383 e. The maximum atomic E-state index is 13.6. The van der Waals surface area contributed by atoms with E-state index < -0.39 is 0 Å². The van der Waals surface area contributed by atoms with Crippen LogP contribution in [-0.4, -0.2) is 9.78 Å². The van der Waals surface area contributed by atoms with E-state index in [1.807, 2.05) is 0 Å². The number of halogens is 1. The topological polar surface area (TPSA) is 67.6 Å². The number of benzene rings is 1. The summed E-state index contributed by atoms with van der Waals surface area (Å²) in [4.78, 5) is 0. The monoisotopic (exact) mass is 256 g/mol. The minimum Gasteiger partial charge on any atom is -0.383 e. The van der Waals surface area contributed by atoms with E-state index in [1.165, 1.54) is 10.7 Å². The molecule has 1 aliphatic carbocycles. The number of hydrogen-bond acceptors (Lipinski definition) is 3. The minimum atomic E-state index is -0.288. The van der Waals surface area contributed by atoms with Crippen molar-refractivity contribution in [3.05, 3.63) is 46.9 Å². The summed E-state index contributed by atoms with van der Waals surface area (Å²) >= 11 is 0. The van der Waals surface area contributed by atoms with Crippen molar-refractivity contribution >= 4 is 5.82 Å². The molecule has 0 aliphatic heterocycles. The van der Waals surface area contributed by atoms with Gasteiger partial charge >= 0.3 is 0 Å². The Bertz CT molecular complexity index is 665. The number of nitrogens with two attached hydrogens (primary N) is 1. The van der Waals surface area contributed by atoms with Gasteiger partial charge in [0, 0.05) is 11.5 Å². The molecule has 0 atom stereocenters. The molecule has 0 unspecified atom stereocenters. The molecule has 1 saturated carbocycles. The zero-order valence-electron chi connectivity index (χ0n) is 10.3. The van der Waals surface area contributed by atoms with Crippen LogP contribution in [0.25, 0.3) is 0 Å². The molecule has 96 valence electrons. The van der Waals surface area contributed by atoms with Crippen LogP contribution in [0.2, 0.25) is 0 Å². The zero-order chi connectivity index (χ0) is 13.4. The van der Waals surface area contributed by atoms with Crippen molar-refractivity contribution in [2.45, 2.75) is 25.3 Å². The van der Waals surface area contributed by atoms with E-state index in [9.17, 15) is 4.39 Å². The lowest BCUT2D eigenvalue weighted by molar-refractivity contribution is 0.585. The molecule has 1 aromatic carbocycles. The van der Waals surface area contributed by atoms with Crippen LogP contribution in [-0.2, 0) is 6.54 Å². The third-order valence-corrected chi connectivity index (χ3v) is 3.37. The highest BCUT2D eigenvalue weighted by atomic mass is 19.1. The van der Waals surface area contributed by atoms with Crippen LogP contribution in [0.15, 0.2) is 24.3 Å². The summed E-state index contributed by atoms with van der Waals surface area (Å²) in [6.07, 6.45) is 2.09. The van der Waals surface area contributed by atoms with Crippen molar-refractivity contribution in [3.63, 3.8) is 0 Å². The number of nitrogens with zero attached hydrogens (tertiary/aromatic N) is 3. The maximum absolute atomic E-state index is 13.6. The summed E-state index contributed by atoms with van der Waals surface area (Å²) in [7, 11) is 0. The molecule has 1 aliphatic rings. The normalized spacial score (nSPS) is 14.3. The fourth-order valence-electron chi connectivity index (χ4n) is 2.16. The highest BCUT2D eigenvalue weighted by Crippen LogP contribution is 2.42. The van der Waals surface area contributed by atoms with E-state index in [0.29, 0.717) is 22.9 Å². The number of nitrogen functional groups attached to an aromatic ring is 1. The Morgan fingerprint density at radius 2 is 2.16 bits per heavy atom. The first-order valence-corrected chi connectivity index (χ1v) is 6.20. The van der Waals surface area contributed by atoms with Crippen molar-refractivity contribution < 1.29 is 4.39 Å². The SMILES string of the molecule is N#Cc1c(C2CC2)nn(Cc2ccccc2F)c1N. The van der Waals surface area contributed by atoms with Gasteiger partial charge in [0.1, 0.15) is 23.3 Å². The maximum Gasteiger partial charge on any atom is 0.140 e. The van der Waals surface area contributed by atoms with Crippen LogP contribution in [0, 0.1) is 17.1 Å². The summed E-state index contributed by atoms with van der Waals surface area (Å²) in [6.45, 7) is 0.250. The van der Waals surface area contributed by atoms with Crippen LogP contribution in [0.5, 0.6) is 0 Å². The Kier molecular flexibility index (Phi) is 2.71. The van der Waals surface area contributed by atoms with Gasteiger partial charge in [-0.2, -0.15) is 10.4 Å². The predicted molar refractivity (Wildman–Crippen MR) is 68.8 cm³/mol. The molecule has 2 N–H and O–H groups in total. The van der Waals surface area contributed by atoms with Gasteiger partial charge in [-0.3, -0.25) is 0 Å². The third kappa shape index (κ3) is 2.06. The molecule has 1 fully saturated rings. The van der Waals surface area contributed by atoms with Crippen LogP contribution < -0.4 is 5.73 Å². The molecule has 1 aromatic heterocycles. The molecule has 0 radical (unpaired) electrons. The van der Waals surface area contributed by atoms with Crippen molar-refractivity contribution in [2.75, 3.05) is 5.73 Å². The Hall–Kier alpha value is -2.35. The number of nitriles is 1. The number of hydrogen-bond donors (Lipinski definition) is 1. The lowest BCUT2D eigenvalue weighted by atomic mass is 10.2. The third-order valence-electron chi connectivity index (χ3n) is 3.37. The Morgan fingerprint density at radius 3 is 2.79 bits per heavy atom. The Morgan fingerprint density at radius 1 is 1.42 bits per heavy atom. The van der Waals surface area contributed by atoms with Crippen LogP contribution in [0.3, 0.4) is 0 Å². The second-order valence-electron chi connectivity index (χ2n) is 4.78. The molecule has 19 heavy (non-hydrogen) atoms. The molecular formula is C14H13FN4. The first kappa shape index (κ1) is 11.7. The molecule has 2 aromatic rings. The lowest BCUT2D eigenvalue weighted by Crippen LogP contribution is -2.07. The summed E-state index contributed by atoms with van der Waals surface area (Å²) in [5.41, 5.74) is 7.65. The van der Waals surface area contributed by atoms with E-state index in [2.05, 4.69) is 11.2 Å². The second kappa shape index (κ2) is 4.39. The fraction of sp³-hybridized carbons (Fsp3) is 0.286. The van der Waals surface area contributed by atoms with Gasteiger partial charge in [-0.15, -0.1) is 0 Å². The molecule has 0 amide bonds. The van der Waals surface area contributed by atoms with E-state index in [4.69, 9.17) is 11.0 Å². The van der Waals surface area contributed by atoms with E-state index in [-0.39, 0.29) is 12.4 Å². The molecule has 5 heteroatoms. The smallest absolute Gasteiger partial charge is 0.140 e. The second-order valence-corrected chi connectivity index (χ2v) is 4.78. The van der Waals surface area contributed by atoms with Gasteiger partial charge < -0.3 is 5.73 Å². The first-order chi connectivity index (χ1) is 9.20. The van der Waals surface area contributed by atoms with E-state index >= 15 is 0 Å². The van der Waals surface area contributed by atoms with Crippen molar-refractivity contribution in [3.8, 4) is 6.07 Å². The Balaban J connectivity index is 1.98. The van der Waals surface area contributed by atoms with Crippen LogP contribution in [0.1, 0.15) is 35.6 Å². The van der Waals surface area contributed by atoms with Gasteiger partial charge in [0.15, 0.2) is 0 Å². The number of aromatic nitrogens is 2. The molecule has 0 bridgehead atoms. The standard InChI is InChI=1S/C14H13FN4/c15-12-4-2-1-3-10(12)8-19-14(17)11(7-16)13(18-19)9-5-6-9/h1-4,9H,5-6,8,17H2. The molecular weight excluding hydrogens is 243 g/mol. The predicted octanol–water partition coefficient (Wildman–Crippen LogP) is 2.40. The average molecular weight is 256 g/mol. The highest BCUT2D eigenvalue weighted by Gasteiger charge is 2.31. The van der Waals surface area contributed by atoms with Gasteiger partial charge in [0.25, 0.3) is 0 Å². The van der Waals surface area contributed by atoms with Gasteiger partial charge in [-0.1, -0.05) is 18.2 Å². The van der Waals surface area contributed by atoms with Gasteiger partial charge in [0.2, 0.25) is 0 Å². The quantitative estimate of drug-likeness (QED) is 0.916. The van der Waals surface area contributed by atoms with Gasteiger partial charge in [-0.05, 0) is 18.9 Å². The number of anilines is 1. The van der Waals surface area contributed by atoms with Gasteiger partial charge in [0.05, 0.1) is 12.2 Å². The highest BCUT2D eigenvalue weighted by molar-refractivity contribution is 5.54. The van der Waals surface area contributed by atoms with Crippen molar-refractivity contribution in [2.24, 2.45) is 0 Å². The van der Waals surface area contributed by atoms with Gasteiger partial charge in [-0.25, -0.2) is 9.07 Å². The summed E-state index contributed by atoms with van der Waals surface area (Å²) < 4.78 is 15.1. The fourth-order valence-corrected chi connectivity index (χ4v) is 2.16. The van der Waals surface area contributed by atoms with E-state index in [0.717, 1.165) is 18.5 Å². The van der Waals surface area contributed by atoms with Crippen LogP contribution >= 0.6 is 0 Å². The molecule has 3 rings (SSSR count). The van der Waals surface area contributed by atoms with E-state index in [1.54, 1.807) is 18.2 Å². The minimum absolute atomic E-state index is 0.250. The summed E-state index contributed by atoms with van der Waals surface area (Å²) in [5.74, 6) is 0.385. The first-order valence-electron chi connectivity index (χ1n) is 6.20. The average Bonchev–Trinajstić information content (AvgIpc) is 3.19. The van der Waals surface area contributed by atoms with Crippen LogP contribution in [0.4, 0.5) is 10.2 Å². The molecule has 4 nitrogen and oxygen atoms in total. The molecule has 0 saturated heterocycles. The number of rotatable bonds is 3. The zero-order valence-corrected chi connectivity index (χ0v) is 10.3. The van der Waals surface area contributed by atoms with Crippen molar-refractivity contribution in [1.29, 1.82) is 5.26 Å². The lowest BCUT2D eigenvalue weighted by Gasteiger charge is -2.05. The van der Waals surface area contributed by atoms with Crippen molar-refractivity contribution in [1.82, 2.24) is 9.78 Å². The molecule has 1 heterocycles. The summed E-state index contributed by atoms with van der Waals surface area (Å²) in [6, 6.07) is 8.61. The Labute approximate surface area is 110 Å². The molecule has 0 spiro atoms.